The number of hydrogen-bond donors (Lipinski definition) is 1. The van der Waals surface area contributed by atoms with E-state index in [1.807, 2.05) is 59.8 Å². The lowest BCUT2D eigenvalue weighted by Crippen LogP contribution is -2.38. The SMILES string of the molecule is Clc1cccc(C2=CC=CN(Cc3cccc(-c4ncc(OCCN5CCOCC5)cn4)c3)N2)c1. The second kappa shape index (κ2) is 11.4. The molecule has 0 spiro atoms. The zero-order chi connectivity index (χ0) is 23.9. The predicted molar refractivity (Wildman–Crippen MR) is 137 cm³/mol. The minimum Gasteiger partial charge on any atom is -0.489 e. The number of rotatable bonds is 8. The summed E-state index contributed by atoms with van der Waals surface area (Å²) in [4.78, 5) is 11.4. The van der Waals surface area contributed by atoms with Crippen LogP contribution in [0.2, 0.25) is 5.02 Å². The van der Waals surface area contributed by atoms with Gasteiger partial charge in [-0.3, -0.25) is 15.3 Å². The third kappa shape index (κ3) is 6.39. The van der Waals surface area contributed by atoms with Crippen molar-refractivity contribution in [2.24, 2.45) is 0 Å². The van der Waals surface area contributed by atoms with Gasteiger partial charge in [0.2, 0.25) is 0 Å². The molecule has 8 heteroatoms. The highest BCUT2D eigenvalue weighted by atomic mass is 35.5. The van der Waals surface area contributed by atoms with Gasteiger partial charge in [0, 0.05) is 42.0 Å². The Balaban J connectivity index is 1.17. The van der Waals surface area contributed by atoms with Crippen LogP contribution in [0.1, 0.15) is 11.1 Å². The van der Waals surface area contributed by atoms with Crippen LogP contribution in [0.3, 0.4) is 0 Å². The van der Waals surface area contributed by atoms with E-state index in [0.717, 1.165) is 55.2 Å². The second-order valence-electron chi connectivity index (χ2n) is 8.42. The van der Waals surface area contributed by atoms with E-state index in [1.165, 1.54) is 0 Å². The lowest BCUT2D eigenvalue weighted by Gasteiger charge is -2.27. The summed E-state index contributed by atoms with van der Waals surface area (Å²) in [6.45, 7) is 5.67. The van der Waals surface area contributed by atoms with E-state index in [0.29, 0.717) is 29.7 Å². The van der Waals surface area contributed by atoms with Crippen LogP contribution in [-0.2, 0) is 11.3 Å². The Morgan fingerprint density at radius 3 is 2.63 bits per heavy atom. The summed E-state index contributed by atoms with van der Waals surface area (Å²) < 4.78 is 11.2. The molecule has 35 heavy (non-hydrogen) atoms. The number of hydrogen-bond acceptors (Lipinski definition) is 7. The molecule has 0 saturated carbocycles. The van der Waals surface area contributed by atoms with Crippen molar-refractivity contribution in [3.63, 3.8) is 0 Å². The number of allylic oxidation sites excluding steroid dienone is 2. The van der Waals surface area contributed by atoms with Gasteiger partial charge in [0.15, 0.2) is 11.6 Å². The summed E-state index contributed by atoms with van der Waals surface area (Å²) in [5.74, 6) is 1.36. The highest BCUT2D eigenvalue weighted by molar-refractivity contribution is 6.30. The summed E-state index contributed by atoms with van der Waals surface area (Å²) in [6.07, 6.45) is 9.56. The summed E-state index contributed by atoms with van der Waals surface area (Å²) in [6, 6.07) is 16.1. The van der Waals surface area contributed by atoms with Gasteiger partial charge in [0.25, 0.3) is 0 Å². The zero-order valence-electron chi connectivity index (χ0n) is 19.4. The number of nitrogens with zero attached hydrogens (tertiary/aromatic N) is 4. The average Bonchev–Trinajstić information content (AvgIpc) is 2.90. The van der Waals surface area contributed by atoms with E-state index < -0.39 is 0 Å². The Morgan fingerprint density at radius 1 is 1.00 bits per heavy atom. The Kier molecular flexibility index (Phi) is 7.58. The molecule has 0 aliphatic carbocycles. The molecule has 180 valence electrons. The van der Waals surface area contributed by atoms with Gasteiger partial charge in [0.05, 0.1) is 37.8 Å². The maximum absolute atomic E-state index is 6.16. The van der Waals surface area contributed by atoms with Crippen LogP contribution >= 0.6 is 11.6 Å². The van der Waals surface area contributed by atoms with E-state index in [9.17, 15) is 0 Å². The van der Waals surface area contributed by atoms with Crippen LogP contribution < -0.4 is 10.2 Å². The standard InChI is InChI=1S/C27H28ClN5O2/c28-24-7-2-5-22(17-24)26-8-3-9-33(31-26)20-21-4-1-6-23(16-21)27-29-18-25(19-30-27)35-15-12-32-10-13-34-14-11-32/h1-9,16-19,31H,10-15,20H2. The smallest absolute Gasteiger partial charge is 0.159 e. The monoisotopic (exact) mass is 489 g/mol. The number of halogens is 1. The molecule has 1 aromatic heterocycles. The van der Waals surface area contributed by atoms with E-state index in [4.69, 9.17) is 21.1 Å². The molecule has 2 aliphatic rings. The molecule has 1 N–H and O–H groups in total. The lowest BCUT2D eigenvalue weighted by atomic mass is 10.1. The van der Waals surface area contributed by atoms with Crippen molar-refractivity contribution in [2.75, 3.05) is 39.5 Å². The summed E-state index contributed by atoms with van der Waals surface area (Å²) >= 11 is 6.16. The molecule has 1 saturated heterocycles. The number of aromatic nitrogens is 2. The third-order valence-electron chi connectivity index (χ3n) is 5.87. The van der Waals surface area contributed by atoms with Gasteiger partial charge < -0.3 is 9.47 Å². The molecule has 7 nitrogen and oxygen atoms in total. The third-order valence-corrected chi connectivity index (χ3v) is 6.11. The van der Waals surface area contributed by atoms with E-state index in [1.54, 1.807) is 12.4 Å². The Hall–Kier alpha value is -3.39. The average molecular weight is 490 g/mol. The lowest BCUT2D eigenvalue weighted by molar-refractivity contribution is 0.0322. The number of hydrazine groups is 1. The molecule has 0 bridgehead atoms. The van der Waals surface area contributed by atoms with Crippen LogP contribution in [0.25, 0.3) is 17.1 Å². The molecule has 0 amide bonds. The van der Waals surface area contributed by atoms with Crippen LogP contribution in [0.4, 0.5) is 0 Å². The number of benzene rings is 2. The van der Waals surface area contributed by atoms with Gasteiger partial charge >= 0.3 is 0 Å². The molecule has 3 heterocycles. The zero-order valence-corrected chi connectivity index (χ0v) is 20.2. The number of nitrogens with one attached hydrogen (secondary N) is 1. The predicted octanol–water partition coefficient (Wildman–Crippen LogP) is 4.38. The van der Waals surface area contributed by atoms with Crippen molar-refractivity contribution in [1.29, 1.82) is 0 Å². The van der Waals surface area contributed by atoms with Gasteiger partial charge in [-0.25, -0.2) is 9.97 Å². The summed E-state index contributed by atoms with van der Waals surface area (Å²) in [5, 5.41) is 2.76. The van der Waals surface area contributed by atoms with E-state index in [2.05, 4.69) is 32.4 Å². The molecule has 2 aromatic carbocycles. The second-order valence-corrected chi connectivity index (χ2v) is 8.85. The maximum atomic E-state index is 6.16. The Bertz CT molecular complexity index is 1190. The van der Waals surface area contributed by atoms with Gasteiger partial charge in [-0.05, 0) is 35.9 Å². The fourth-order valence-electron chi connectivity index (χ4n) is 4.04. The molecular weight excluding hydrogens is 462 g/mol. The van der Waals surface area contributed by atoms with Crippen molar-refractivity contribution >= 4 is 17.3 Å². The highest BCUT2D eigenvalue weighted by Gasteiger charge is 2.12. The van der Waals surface area contributed by atoms with Gasteiger partial charge in [0.1, 0.15) is 6.61 Å². The van der Waals surface area contributed by atoms with Crippen LogP contribution in [0, 0.1) is 0 Å². The molecular formula is C27H28ClN5O2. The largest absolute Gasteiger partial charge is 0.489 e. The fourth-order valence-corrected chi connectivity index (χ4v) is 4.23. The first kappa shape index (κ1) is 23.4. The van der Waals surface area contributed by atoms with E-state index in [-0.39, 0.29) is 0 Å². The summed E-state index contributed by atoms with van der Waals surface area (Å²) in [5.41, 5.74) is 7.59. The minimum atomic E-state index is 0.611. The first-order valence-electron chi connectivity index (χ1n) is 11.7. The van der Waals surface area contributed by atoms with Gasteiger partial charge in [-0.15, -0.1) is 0 Å². The highest BCUT2D eigenvalue weighted by Crippen LogP contribution is 2.22. The molecule has 3 aromatic rings. The van der Waals surface area contributed by atoms with Crippen molar-refractivity contribution in [3.8, 4) is 17.1 Å². The minimum absolute atomic E-state index is 0.611. The van der Waals surface area contributed by atoms with Crippen LogP contribution in [0.5, 0.6) is 5.75 Å². The first-order valence-corrected chi connectivity index (χ1v) is 12.1. The van der Waals surface area contributed by atoms with Crippen molar-refractivity contribution < 1.29 is 9.47 Å². The number of morpholine rings is 1. The molecule has 0 unspecified atom stereocenters. The van der Waals surface area contributed by atoms with Crippen molar-refractivity contribution in [1.82, 2.24) is 25.3 Å². The van der Waals surface area contributed by atoms with Crippen molar-refractivity contribution in [2.45, 2.75) is 6.54 Å². The maximum Gasteiger partial charge on any atom is 0.159 e. The normalized spacial score (nSPS) is 16.0. The number of ether oxygens (including phenoxy) is 2. The van der Waals surface area contributed by atoms with Gasteiger partial charge in [-0.2, -0.15) is 0 Å². The fraction of sp³-hybridized carbons (Fsp3) is 0.259. The van der Waals surface area contributed by atoms with Crippen molar-refractivity contribution in [3.05, 3.63) is 95.4 Å². The Morgan fingerprint density at radius 2 is 1.80 bits per heavy atom. The quantitative estimate of drug-likeness (QED) is 0.503. The van der Waals surface area contributed by atoms with Gasteiger partial charge in [-0.1, -0.05) is 41.9 Å². The Labute approximate surface area is 210 Å². The molecule has 5 rings (SSSR count). The topological polar surface area (TPSA) is 62.8 Å². The molecule has 0 radical (unpaired) electrons. The van der Waals surface area contributed by atoms with E-state index >= 15 is 0 Å². The molecule has 1 fully saturated rings. The molecule has 0 atom stereocenters. The first-order chi connectivity index (χ1) is 17.2. The summed E-state index contributed by atoms with van der Waals surface area (Å²) in [7, 11) is 0. The van der Waals surface area contributed by atoms with Crippen LogP contribution in [-0.4, -0.2) is 59.3 Å². The van der Waals surface area contributed by atoms with Crippen LogP contribution in [0.15, 0.2) is 79.3 Å². The molecule has 2 aliphatic heterocycles.